The first kappa shape index (κ1) is 20.0. The van der Waals surface area contributed by atoms with Gasteiger partial charge in [0.25, 0.3) is 0 Å². The van der Waals surface area contributed by atoms with Crippen molar-refractivity contribution in [2.24, 2.45) is 0 Å². The molecule has 2 saturated heterocycles. The third kappa shape index (κ3) is 4.85. The molecule has 154 valence electrons. The van der Waals surface area contributed by atoms with Gasteiger partial charge in [-0.3, -0.25) is 14.5 Å². The number of amides is 2. The molecule has 3 heterocycles. The van der Waals surface area contributed by atoms with Crippen LogP contribution in [0.2, 0.25) is 0 Å². The summed E-state index contributed by atoms with van der Waals surface area (Å²) in [6.07, 6.45) is 6.87. The van der Waals surface area contributed by atoms with Crippen molar-refractivity contribution in [1.29, 1.82) is 0 Å². The fourth-order valence-corrected chi connectivity index (χ4v) is 5.02. The molecule has 2 aliphatic rings. The number of aromatic nitrogens is 1. The molecule has 2 unspecified atom stereocenters. The van der Waals surface area contributed by atoms with Crippen molar-refractivity contribution >= 4 is 23.2 Å². The van der Waals surface area contributed by atoms with E-state index in [9.17, 15) is 9.59 Å². The van der Waals surface area contributed by atoms with E-state index in [0.29, 0.717) is 0 Å². The number of carbonyl (C=O) groups excluding carboxylic acids is 2. The number of carbonyl (C=O) groups is 2. The molecule has 0 aliphatic carbocycles. The number of nitrogens with zero attached hydrogens (tertiary/aromatic N) is 3. The van der Waals surface area contributed by atoms with Crippen LogP contribution in [0.25, 0.3) is 0 Å². The van der Waals surface area contributed by atoms with Crippen molar-refractivity contribution in [3.63, 3.8) is 0 Å². The summed E-state index contributed by atoms with van der Waals surface area (Å²) in [6.45, 7) is 2.76. The van der Waals surface area contributed by atoms with Gasteiger partial charge in [-0.05, 0) is 37.8 Å². The fourth-order valence-electron chi connectivity index (χ4n) is 4.31. The summed E-state index contributed by atoms with van der Waals surface area (Å²) in [4.78, 5) is 34.4. The Kier molecular flexibility index (Phi) is 6.56. The maximum Gasteiger partial charge on any atom is 0.239 e. The normalized spacial score (nSPS) is 21.1. The molecule has 4 rings (SSSR count). The second kappa shape index (κ2) is 9.50. The second-order valence-corrected chi connectivity index (χ2v) is 8.72. The summed E-state index contributed by atoms with van der Waals surface area (Å²) in [6, 6.07) is 9.49. The van der Waals surface area contributed by atoms with Crippen LogP contribution in [-0.2, 0) is 9.59 Å². The molecule has 2 amide bonds. The van der Waals surface area contributed by atoms with E-state index in [4.69, 9.17) is 0 Å². The highest BCUT2D eigenvalue weighted by Crippen LogP contribution is 2.25. The van der Waals surface area contributed by atoms with Crippen LogP contribution in [0.1, 0.15) is 48.7 Å². The zero-order valence-electron chi connectivity index (χ0n) is 16.6. The van der Waals surface area contributed by atoms with Gasteiger partial charge in [0.2, 0.25) is 11.8 Å². The Balaban J connectivity index is 1.44. The Morgan fingerprint density at radius 2 is 1.86 bits per heavy atom. The minimum atomic E-state index is -0.263. The van der Waals surface area contributed by atoms with E-state index < -0.39 is 0 Å². The highest BCUT2D eigenvalue weighted by Gasteiger charge is 2.34. The van der Waals surface area contributed by atoms with Crippen molar-refractivity contribution in [2.45, 2.75) is 44.2 Å². The molecule has 6 nitrogen and oxygen atoms in total. The number of hydrogen-bond acceptors (Lipinski definition) is 5. The van der Waals surface area contributed by atoms with E-state index in [1.54, 1.807) is 6.20 Å². The Bertz CT molecular complexity index is 805. The number of thiazole rings is 1. The summed E-state index contributed by atoms with van der Waals surface area (Å²) in [5.74, 6) is 0.143. The standard InChI is InChI=1S/C22H28N4O2S/c27-19(24-20(21-23-11-15-29-21)17-8-2-1-3-9-17)16-26-14-5-4-10-18(26)22(28)25-12-6-7-13-25/h1-3,8-9,11,15,18,20H,4-7,10,12-14,16H2,(H,24,27). The molecule has 2 fully saturated rings. The van der Waals surface area contributed by atoms with Crippen LogP contribution in [0.15, 0.2) is 41.9 Å². The molecule has 1 aromatic heterocycles. The maximum absolute atomic E-state index is 13.0. The van der Waals surface area contributed by atoms with Gasteiger partial charge in [-0.15, -0.1) is 11.3 Å². The van der Waals surface area contributed by atoms with Gasteiger partial charge in [0, 0.05) is 24.7 Å². The number of benzene rings is 1. The van der Waals surface area contributed by atoms with Crippen LogP contribution in [0, 0.1) is 0 Å². The average molecular weight is 413 g/mol. The predicted molar refractivity (Wildman–Crippen MR) is 114 cm³/mol. The van der Waals surface area contributed by atoms with Gasteiger partial charge in [0.15, 0.2) is 0 Å². The van der Waals surface area contributed by atoms with Gasteiger partial charge in [-0.25, -0.2) is 4.98 Å². The minimum Gasteiger partial charge on any atom is -0.342 e. The van der Waals surface area contributed by atoms with Gasteiger partial charge < -0.3 is 10.2 Å². The molecule has 0 bridgehead atoms. The predicted octanol–water partition coefficient (Wildman–Crippen LogP) is 2.83. The first-order chi connectivity index (χ1) is 14.2. The van der Waals surface area contributed by atoms with E-state index in [1.165, 1.54) is 11.3 Å². The van der Waals surface area contributed by atoms with Crippen LogP contribution >= 0.6 is 11.3 Å². The van der Waals surface area contributed by atoms with E-state index in [1.807, 2.05) is 40.6 Å². The SMILES string of the molecule is O=C(CN1CCCCC1C(=O)N1CCCC1)NC(c1ccccc1)c1nccs1. The van der Waals surface area contributed by atoms with E-state index in [-0.39, 0.29) is 30.4 Å². The molecule has 2 atom stereocenters. The smallest absolute Gasteiger partial charge is 0.239 e. The summed E-state index contributed by atoms with van der Waals surface area (Å²) < 4.78 is 0. The van der Waals surface area contributed by atoms with E-state index in [0.717, 1.165) is 62.3 Å². The Labute approximate surface area is 175 Å². The lowest BCUT2D eigenvalue weighted by Gasteiger charge is -2.36. The molecule has 1 aromatic carbocycles. The lowest BCUT2D eigenvalue weighted by atomic mass is 10.0. The number of piperidine rings is 1. The van der Waals surface area contributed by atoms with Crippen molar-refractivity contribution in [3.05, 3.63) is 52.5 Å². The van der Waals surface area contributed by atoms with Gasteiger partial charge in [0.1, 0.15) is 11.0 Å². The highest BCUT2D eigenvalue weighted by molar-refractivity contribution is 7.09. The zero-order chi connectivity index (χ0) is 20.1. The third-order valence-corrected chi connectivity index (χ3v) is 6.64. The minimum absolute atomic E-state index is 0.0600. The Morgan fingerprint density at radius 1 is 1.10 bits per heavy atom. The van der Waals surface area contributed by atoms with Crippen molar-refractivity contribution < 1.29 is 9.59 Å². The molecule has 1 N–H and O–H groups in total. The molecule has 2 aliphatic heterocycles. The molecular formula is C22H28N4O2S. The fraction of sp³-hybridized carbons (Fsp3) is 0.500. The summed E-state index contributed by atoms with van der Waals surface area (Å²) >= 11 is 1.54. The van der Waals surface area contributed by atoms with Gasteiger partial charge in [-0.2, -0.15) is 0 Å². The zero-order valence-corrected chi connectivity index (χ0v) is 17.4. The third-order valence-electron chi connectivity index (χ3n) is 5.80. The number of rotatable bonds is 6. The van der Waals surface area contributed by atoms with Gasteiger partial charge in [0.05, 0.1) is 12.6 Å². The topological polar surface area (TPSA) is 65.5 Å². The maximum atomic E-state index is 13.0. The number of nitrogens with one attached hydrogen (secondary N) is 1. The largest absolute Gasteiger partial charge is 0.342 e. The van der Waals surface area contributed by atoms with Crippen LogP contribution in [0.5, 0.6) is 0 Å². The molecule has 0 spiro atoms. The van der Waals surface area contributed by atoms with Gasteiger partial charge in [-0.1, -0.05) is 36.8 Å². The number of hydrogen-bond donors (Lipinski definition) is 1. The van der Waals surface area contributed by atoms with Gasteiger partial charge >= 0.3 is 0 Å². The van der Waals surface area contributed by atoms with E-state index in [2.05, 4.69) is 15.2 Å². The van der Waals surface area contributed by atoms with Crippen LogP contribution in [-0.4, -0.2) is 58.8 Å². The lowest BCUT2D eigenvalue weighted by molar-refractivity contribution is -0.138. The molecule has 7 heteroatoms. The molecule has 2 aromatic rings. The van der Waals surface area contributed by atoms with Crippen molar-refractivity contribution in [2.75, 3.05) is 26.2 Å². The summed E-state index contributed by atoms with van der Waals surface area (Å²) in [7, 11) is 0. The van der Waals surface area contributed by atoms with E-state index >= 15 is 0 Å². The Morgan fingerprint density at radius 3 is 2.59 bits per heavy atom. The summed E-state index contributed by atoms with van der Waals surface area (Å²) in [5, 5.41) is 5.95. The average Bonchev–Trinajstić information content (AvgIpc) is 3.47. The van der Waals surface area contributed by atoms with Crippen LogP contribution in [0.4, 0.5) is 0 Å². The van der Waals surface area contributed by atoms with Crippen LogP contribution in [0.3, 0.4) is 0 Å². The molecular weight excluding hydrogens is 384 g/mol. The van der Waals surface area contributed by atoms with Crippen molar-refractivity contribution in [1.82, 2.24) is 20.1 Å². The molecule has 29 heavy (non-hydrogen) atoms. The second-order valence-electron chi connectivity index (χ2n) is 7.80. The van der Waals surface area contributed by atoms with Crippen LogP contribution < -0.4 is 5.32 Å². The monoisotopic (exact) mass is 412 g/mol. The first-order valence-corrected chi connectivity index (χ1v) is 11.4. The summed E-state index contributed by atoms with van der Waals surface area (Å²) in [5.41, 5.74) is 1.01. The number of likely N-dealkylation sites (tertiary alicyclic amines) is 2. The van der Waals surface area contributed by atoms with Crippen molar-refractivity contribution in [3.8, 4) is 0 Å². The Hall–Kier alpha value is -2.25. The molecule has 0 saturated carbocycles. The first-order valence-electron chi connectivity index (χ1n) is 10.5. The highest BCUT2D eigenvalue weighted by atomic mass is 32.1. The lowest BCUT2D eigenvalue weighted by Crippen LogP contribution is -2.53. The molecule has 0 radical (unpaired) electrons. The quantitative estimate of drug-likeness (QED) is 0.792.